The third-order valence-electron chi connectivity index (χ3n) is 5.69. The van der Waals surface area contributed by atoms with Gasteiger partial charge < -0.3 is 15.2 Å². The quantitative estimate of drug-likeness (QED) is 0.269. The Morgan fingerprint density at radius 2 is 1.58 bits per heavy atom. The number of ether oxygens (including phenoxy) is 1. The van der Waals surface area contributed by atoms with Gasteiger partial charge in [0.05, 0.1) is 24.1 Å². The van der Waals surface area contributed by atoms with E-state index in [1.165, 1.54) is 31.4 Å². The topological polar surface area (TPSA) is 113 Å². The van der Waals surface area contributed by atoms with Gasteiger partial charge in [-0.3, -0.25) is 13.9 Å². The summed E-state index contributed by atoms with van der Waals surface area (Å²) in [4.78, 5) is 24.4. The second kappa shape index (κ2) is 11.3. The molecular weight excluding hydrogens is 551 g/mol. The summed E-state index contributed by atoms with van der Waals surface area (Å²) in [5.74, 6) is -1.09. The van der Waals surface area contributed by atoms with Crippen molar-refractivity contribution >= 4 is 67.2 Å². The lowest BCUT2D eigenvalue weighted by Gasteiger charge is -2.25. The summed E-state index contributed by atoms with van der Waals surface area (Å²) < 4.78 is 33.3. The minimum Gasteiger partial charge on any atom is -0.496 e. The fourth-order valence-electron chi connectivity index (χ4n) is 4.06. The molecule has 0 unspecified atom stereocenters. The highest BCUT2D eigenvalue weighted by Crippen LogP contribution is 2.35. The van der Waals surface area contributed by atoms with Gasteiger partial charge in [-0.1, -0.05) is 65.7 Å². The van der Waals surface area contributed by atoms with E-state index in [4.69, 9.17) is 27.9 Å². The Hall–Kier alpha value is -3.79. The Morgan fingerprint density at radius 3 is 2.26 bits per heavy atom. The molecule has 11 heteroatoms. The van der Waals surface area contributed by atoms with Gasteiger partial charge in [0, 0.05) is 32.1 Å². The van der Waals surface area contributed by atoms with Gasteiger partial charge >= 0.3 is 5.97 Å². The van der Waals surface area contributed by atoms with E-state index in [-0.39, 0.29) is 33.0 Å². The first kappa shape index (κ1) is 27.3. The number of amides is 1. The lowest BCUT2D eigenvalue weighted by molar-refractivity contribution is -0.135. The molecule has 4 aromatic carbocycles. The smallest absolute Gasteiger partial charge is 0.324 e. The van der Waals surface area contributed by atoms with Crippen molar-refractivity contribution in [3.05, 3.63) is 94.5 Å². The Morgan fingerprint density at radius 1 is 0.921 bits per heavy atom. The first-order chi connectivity index (χ1) is 18.1. The number of hydrogen-bond acceptors (Lipinski definition) is 5. The molecule has 0 aliphatic carbocycles. The van der Waals surface area contributed by atoms with Crippen LogP contribution in [0.3, 0.4) is 0 Å². The van der Waals surface area contributed by atoms with Crippen LogP contribution in [0.2, 0.25) is 10.0 Å². The summed E-state index contributed by atoms with van der Waals surface area (Å²) in [6, 6.07) is 20.7. The lowest BCUT2D eigenvalue weighted by atomic mass is 10.1. The summed E-state index contributed by atoms with van der Waals surface area (Å²) in [7, 11) is -2.86. The average Bonchev–Trinajstić information content (AvgIpc) is 2.87. The molecule has 196 valence electrons. The highest BCUT2D eigenvalue weighted by Gasteiger charge is 2.29. The van der Waals surface area contributed by atoms with E-state index in [0.717, 1.165) is 4.31 Å². The number of para-hydroxylation sites is 1. The molecule has 0 aliphatic rings. The van der Waals surface area contributed by atoms with Gasteiger partial charge in [-0.2, -0.15) is 0 Å². The highest BCUT2D eigenvalue weighted by atomic mass is 35.5. The number of halogens is 2. The molecule has 1 amide bonds. The number of carboxylic acids is 1. The third kappa shape index (κ3) is 5.85. The summed E-state index contributed by atoms with van der Waals surface area (Å²) in [6.07, 6.45) is 0.0507. The van der Waals surface area contributed by atoms with Crippen molar-refractivity contribution in [2.75, 3.05) is 23.3 Å². The first-order valence-corrected chi connectivity index (χ1v) is 13.4. The standard InChI is InChI=1S/C27H22Cl2N2O6S/c1-37-25-11-3-2-6-17(25)12-26(32)30-23-9-4-8-22-21(23)7-5-10-24(22)31(16-27(33)34)38(35,36)20-14-18(28)13-19(29)15-20/h2-11,13-15H,12,16H2,1H3,(H,30,32)(H,33,34). The Kier molecular flexibility index (Phi) is 8.11. The molecule has 38 heavy (non-hydrogen) atoms. The number of methoxy groups -OCH3 is 1. The van der Waals surface area contributed by atoms with Gasteiger partial charge in [-0.25, -0.2) is 8.42 Å². The maximum atomic E-state index is 13.6. The zero-order valence-electron chi connectivity index (χ0n) is 20.0. The predicted molar refractivity (Wildman–Crippen MR) is 148 cm³/mol. The maximum Gasteiger partial charge on any atom is 0.324 e. The van der Waals surface area contributed by atoms with Crippen LogP contribution in [0.1, 0.15) is 5.56 Å². The van der Waals surface area contributed by atoms with Crippen LogP contribution in [-0.4, -0.2) is 39.1 Å². The Labute approximate surface area is 229 Å². The fraction of sp³-hybridized carbons (Fsp3) is 0.111. The van der Waals surface area contributed by atoms with Crippen LogP contribution in [0.15, 0.2) is 83.8 Å². The number of hydrogen-bond donors (Lipinski definition) is 2. The number of benzene rings is 4. The zero-order chi connectivity index (χ0) is 27.4. The predicted octanol–water partition coefficient (Wildman–Crippen LogP) is 5.62. The van der Waals surface area contributed by atoms with Gasteiger partial charge in [-0.15, -0.1) is 0 Å². The van der Waals surface area contributed by atoms with Gasteiger partial charge in [0.15, 0.2) is 0 Å². The SMILES string of the molecule is COc1ccccc1CC(=O)Nc1cccc2c(N(CC(=O)O)S(=O)(=O)c3cc(Cl)cc(Cl)c3)cccc12. The Bertz CT molecular complexity index is 1620. The van der Waals surface area contributed by atoms with Crippen molar-refractivity contribution < 1.29 is 27.9 Å². The largest absolute Gasteiger partial charge is 0.496 e. The van der Waals surface area contributed by atoms with Crippen LogP contribution < -0.4 is 14.4 Å². The number of fused-ring (bicyclic) bond motifs is 1. The number of carboxylic acid groups (broad SMARTS) is 1. The van der Waals surface area contributed by atoms with Gasteiger partial charge in [0.2, 0.25) is 5.91 Å². The number of aliphatic carboxylic acids is 1. The molecule has 4 aromatic rings. The van der Waals surface area contributed by atoms with Gasteiger partial charge in [-0.05, 0) is 36.4 Å². The molecule has 0 heterocycles. The first-order valence-electron chi connectivity index (χ1n) is 11.2. The molecule has 0 saturated carbocycles. The molecule has 8 nitrogen and oxygen atoms in total. The maximum absolute atomic E-state index is 13.6. The number of carbonyl (C=O) groups excluding carboxylic acids is 1. The monoisotopic (exact) mass is 572 g/mol. The van der Waals surface area contributed by atoms with Crippen molar-refractivity contribution in [1.82, 2.24) is 0 Å². The van der Waals surface area contributed by atoms with Crippen LogP contribution in [-0.2, 0) is 26.0 Å². The number of sulfonamides is 1. The molecule has 0 spiro atoms. The van der Waals surface area contributed by atoms with Crippen LogP contribution in [0, 0.1) is 0 Å². The molecule has 0 aliphatic heterocycles. The number of nitrogens with zero attached hydrogens (tertiary/aromatic N) is 1. The lowest BCUT2D eigenvalue weighted by Crippen LogP contribution is -2.36. The molecule has 2 N–H and O–H groups in total. The Balaban J connectivity index is 1.76. The van der Waals surface area contributed by atoms with E-state index in [0.29, 0.717) is 27.8 Å². The van der Waals surface area contributed by atoms with Crippen molar-refractivity contribution in [2.24, 2.45) is 0 Å². The van der Waals surface area contributed by atoms with Crippen molar-refractivity contribution in [2.45, 2.75) is 11.3 Å². The number of nitrogens with one attached hydrogen (secondary N) is 1. The highest BCUT2D eigenvalue weighted by molar-refractivity contribution is 7.93. The van der Waals surface area contributed by atoms with Crippen molar-refractivity contribution in [3.63, 3.8) is 0 Å². The molecule has 0 fully saturated rings. The molecule has 0 bridgehead atoms. The summed E-state index contributed by atoms with van der Waals surface area (Å²) in [5, 5.41) is 13.5. The molecule has 0 aromatic heterocycles. The minimum absolute atomic E-state index is 0.0507. The normalized spacial score (nSPS) is 11.2. The van der Waals surface area contributed by atoms with E-state index < -0.39 is 22.5 Å². The van der Waals surface area contributed by atoms with Crippen molar-refractivity contribution in [3.8, 4) is 5.75 Å². The summed E-state index contributed by atoms with van der Waals surface area (Å²) in [5.41, 5.74) is 1.25. The van der Waals surface area contributed by atoms with E-state index in [2.05, 4.69) is 5.32 Å². The zero-order valence-corrected chi connectivity index (χ0v) is 22.3. The van der Waals surface area contributed by atoms with Gasteiger partial charge in [0.1, 0.15) is 12.3 Å². The van der Waals surface area contributed by atoms with Crippen LogP contribution in [0.5, 0.6) is 5.75 Å². The van der Waals surface area contributed by atoms with Crippen LogP contribution in [0.25, 0.3) is 10.8 Å². The second-order valence-corrected chi connectivity index (χ2v) is 11.0. The molecule has 0 atom stereocenters. The van der Waals surface area contributed by atoms with E-state index >= 15 is 0 Å². The van der Waals surface area contributed by atoms with Crippen molar-refractivity contribution in [1.29, 1.82) is 0 Å². The number of rotatable bonds is 9. The number of anilines is 2. The third-order valence-corrected chi connectivity index (χ3v) is 7.86. The second-order valence-electron chi connectivity index (χ2n) is 8.23. The fourth-order valence-corrected chi connectivity index (χ4v) is 6.22. The van der Waals surface area contributed by atoms with E-state index in [1.807, 2.05) is 0 Å². The van der Waals surface area contributed by atoms with E-state index in [1.54, 1.807) is 54.6 Å². The molecule has 0 saturated heterocycles. The average molecular weight is 573 g/mol. The van der Waals surface area contributed by atoms with Gasteiger partial charge in [0.25, 0.3) is 10.0 Å². The summed E-state index contributed by atoms with van der Waals surface area (Å²) >= 11 is 12.0. The van der Waals surface area contributed by atoms with E-state index in [9.17, 15) is 23.1 Å². The summed E-state index contributed by atoms with van der Waals surface area (Å²) in [6.45, 7) is -0.851. The van der Waals surface area contributed by atoms with Crippen LogP contribution in [0.4, 0.5) is 11.4 Å². The molecule has 0 radical (unpaired) electrons. The molecular formula is C27H22Cl2N2O6S. The number of carbonyl (C=O) groups is 2. The van der Waals surface area contributed by atoms with Crippen LogP contribution >= 0.6 is 23.2 Å². The molecule has 4 rings (SSSR count). The minimum atomic E-state index is -4.39.